The van der Waals surface area contributed by atoms with Crippen LogP contribution >= 0.6 is 23.5 Å². The normalized spacial score (nSPS) is 43.3. The zero-order chi connectivity index (χ0) is 16.3. The number of ether oxygens (including phenoxy) is 4. The summed E-state index contributed by atoms with van der Waals surface area (Å²) in [5.41, 5.74) is 1.23. The van der Waals surface area contributed by atoms with Crippen molar-refractivity contribution in [2.45, 2.75) is 73.3 Å². The van der Waals surface area contributed by atoms with E-state index < -0.39 is 0 Å². The van der Waals surface area contributed by atoms with Gasteiger partial charge in [-0.1, -0.05) is 6.08 Å². The minimum atomic E-state index is -0.352. The van der Waals surface area contributed by atoms with E-state index in [2.05, 4.69) is 36.5 Å². The molecule has 0 unspecified atom stereocenters. The summed E-state index contributed by atoms with van der Waals surface area (Å²) in [5, 5.41) is 0. The second-order valence-electron chi connectivity index (χ2n) is 7.73. The van der Waals surface area contributed by atoms with E-state index in [0.29, 0.717) is 0 Å². The highest BCUT2D eigenvalue weighted by atomic mass is 32.2. The molecule has 4 fully saturated rings. The molecule has 4 nitrogen and oxygen atoms in total. The Balaban J connectivity index is 1.35. The lowest BCUT2D eigenvalue weighted by Gasteiger charge is -2.44. The highest BCUT2D eigenvalue weighted by Crippen LogP contribution is 2.59. The van der Waals surface area contributed by atoms with Gasteiger partial charge >= 0.3 is 0 Å². The van der Waals surface area contributed by atoms with Crippen LogP contribution in [-0.2, 0) is 18.9 Å². The van der Waals surface area contributed by atoms with Gasteiger partial charge in [-0.05, 0) is 49.7 Å². The number of hydrogen-bond acceptors (Lipinski definition) is 6. The molecule has 6 heteroatoms. The van der Waals surface area contributed by atoms with E-state index in [-0.39, 0.29) is 27.9 Å². The first kappa shape index (κ1) is 16.5. The van der Waals surface area contributed by atoms with Crippen LogP contribution < -0.4 is 0 Å². The topological polar surface area (TPSA) is 36.9 Å². The number of thioether (sulfide) groups is 2. The summed E-state index contributed by atoms with van der Waals surface area (Å²) in [5.74, 6) is 2.12. The zero-order valence-electron chi connectivity index (χ0n) is 14.3. The van der Waals surface area contributed by atoms with Crippen molar-refractivity contribution in [3.63, 3.8) is 0 Å². The summed E-state index contributed by atoms with van der Waals surface area (Å²) in [6.07, 6.45) is 8.71. The molecule has 2 bridgehead atoms. The van der Waals surface area contributed by atoms with E-state index in [1.54, 1.807) is 0 Å². The monoisotopic (exact) mass is 370 g/mol. The van der Waals surface area contributed by atoms with Crippen molar-refractivity contribution >= 4 is 23.5 Å². The van der Waals surface area contributed by atoms with E-state index in [1.165, 1.54) is 29.9 Å². The van der Waals surface area contributed by atoms with Crippen LogP contribution in [0.15, 0.2) is 11.6 Å². The van der Waals surface area contributed by atoms with Crippen molar-refractivity contribution < 1.29 is 18.9 Å². The second kappa shape index (κ2) is 5.89. The van der Waals surface area contributed by atoms with Gasteiger partial charge in [0, 0.05) is 12.8 Å². The van der Waals surface area contributed by atoms with Gasteiger partial charge in [-0.2, -0.15) is 0 Å². The highest BCUT2D eigenvalue weighted by Gasteiger charge is 2.60. The van der Waals surface area contributed by atoms with Gasteiger partial charge in [0.15, 0.2) is 12.1 Å². The number of rotatable bonds is 1. The van der Waals surface area contributed by atoms with Gasteiger partial charge in [0.1, 0.15) is 10.2 Å². The summed E-state index contributed by atoms with van der Waals surface area (Å²) in [7, 11) is 0. The van der Waals surface area contributed by atoms with Crippen LogP contribution in [0.1, 0.15) is 45.4 Å². The van der Waals surface area contributed by atoms with E-state index in [9.17, 15) is 0 Å². The molecule has 3 atom stereocenters. The van der Waals surface area contributed by atoms with Gasteiger partial charge < -0.3 is 18.9 Å². The Hall–Kier alpha value is 0.280. The molecule has 0 N–H and O–H groups in total. The molecule has 5 aliphatic rings. The van der Waals surface area contributed by atoms with E-state index in [1.807, 2.05) is 0 Å². The third-order valence-corrected chi connectivity index (χ3v) is 9.58. The molecule has 0 aromatic rings. The molecule has 0 aromatic heterocycles. The molecular weight excluding hydrogens is 344 g/mol. The Morgan fingerprint density at radius 1 is 1.08 bits per heavy atom. The Bertz CT molecular complexity index is 539. The summed E-state index contributed by atoms with van der Waals surface area (Å²) >= 11 is 4.12. The van der Waals surface area contributed by atoms with Gasteiger partial charge in [-0.25, -0.2) is 0 Å². The van der Waals surface area contributed by atoms with Crippen molar-refractivity contribution in [3.05, 3.63) is 11.6 Å². The maximum absolute atomic E-state index is 6.56. The highest BCUT2D eigenvalue weighted by molar-refractivity contribution is 8.18. The number of fused-ring (bicyclic) bond motifs is 3. The Kier molecular flexibility index (Phi) is 4.04. The zero-order valence-corrected chi connectivity index (χ0v) is 15.9. The van der Waals surface area contributed by atoms with Crippen LogP contribution in [-0.4, -0.2) is 52.6 Å². The van der Waals surface area contributed by atoms with Gasteiger partial charge in [0.25, 0.3) is 0 Å². The summed E-state index contributed by atoms with van der Waals surface area (Å²) < 4.78 is 24.9. The van der Waals surface area contributed by atoms with Gasteiger partial charge in [-0.15, -0.1) is 23.5 Å². The minimum absolute atomic E-state index is 0.0627. The Morgan fingerprint density at radius 3 is 2.58 bits per heavy atom. The predicted octanol–water partition coefficient (Wildman–Crippen LogP) is 3.70. The summed E-state index contributed by atoms with van der Waals surface area (Å²) in [6.45, 7) is 3.70. The molecule has 2 spiro atoms. The fourth-order valence-electron chi connectivity index (χ4n) is 4.70. The van der Waals surface area contributed by atoms with Crippen LogP contribution in [0.3, 0.4) is 0 Å². The lowest BCUT2D eigenvalue weighted by atomic mass is 9.82. The molecule has 134 valence electrons. The van der Waals surface area contributed by atoms with Gasteiger partial charge in [0.2, 0.25) is 0 Å². The van der Waals surface area contributed by atoms with Crippen molar-refractivity contribution in [3.8, 4) is 0 Å². The SMILES string of the molecule is C[C@@]12CCC3(SCCCS3)[C@@H](O[C@@H]1C1=CCC3(CC1)OCCO3)O2. The first-order valence-electron chi connectivity index (χ1n) is 9.21. The molecule has 4 heterocycles. The Morgan fingerprint density at radius 2 is 1.88 bits per heavy atom. The molecule has 4 saturated heterocycles. The van der Waals surface area contributed by atoms with Crippen LogP contribution in [0.5, 0.6) is 0 Å². The van der Waals surface area contributed by atoms with E-state index in [4.69, 9.17) is 18.9 Å². The summed E-state index contributed by atoms with van der Waals surface area (Å²) in [4.78, 5) is 0. The minimum Gasteiger partial charge on any atom is -0.347 e. The van der Waals surface area contributed by atoms with Crippen molar-refractivity contribution in [1.29, 1.82) is 0 Å². The smallest absolute Gasteiger partial charge is 0.182 e. The molecule has 0 radical (unpaired) electrons. The van der Waals surface area contributed by atoms with Crippen molar-refractivity contribution in [2.24, 2.45) is 0 Å². The second-order valence-corrected chi connectivity index (χ2v) is 10.8. The molecule has 4 aliphatic heterocycles. The van der Waals surface area contributed by atoms with Crippen LogP contribution in [0.4, 0.5) is 0 Å². The number of hydrogen-bond donors (Lipinski definition) is 0. The first-order valence-corrected chi connectivity index (χ1v) is 11.2. The molecule has 0 aromatic carbocycles. The standard InChI is InChI=1S/C18H26O4S2/c1-16-7-8-18(23-11-2-12-24-18)15(22-16)21-14(16)13-3-5-17(6-4-13)19-9-10-20-17/h3,14-15H,2,4-12H2,1H3/t14-,15+,16-/m1/s1. The molecule has 0 saturated carbocycles. The Labute approximate surface area is 152 Å². The largest absolute Gasteiger partial charge is 0.347 e. The maximum atomic E-state index is 6.56. The first-order chi connectivity index (χ1) is 11.6. The van der Waals surface area contributed by atoms with E-state index in [0.717, 1.165) is 38.9 Å². The predicted molar refractivity (Wildman–Crippen MR) is 96.2 cm³/mol. The van der Waals surface area contributed by atoms with Gasteiger partial charge in [0.05, 0.1) is 18.8 Å². The third kappa shape index (κ3) is 2.52. The van der Waals surface area contributed by atoms with Crippen LogP contribution in [0, 0.1) is 0 Å². The summed E-state index contributed by atoms with van der Waals surface area (Å²) in [6, 6.07) is 0. The third-order valence-electron chi connectivity index (χ3n) is 6.12. The average Bonchev–Trinajstić information content (AvgIpc) is 3.18. The average molecular weight is 371 g/mol. The molecular formula is C18H26O4S2. The molecule has 5 rings (SSSR count). The molecule has 1 aliphatic carbocycles. The van der Waals surface area contributed by atoms with Crippen LogP contribution in [0.2, 0.25) is 0 Å². The van der Waals surface area contributed by atoms with Gasteiger partial charge in [-0.3, -0.25) is 0 Å². The fraction of sp³-hybridized carbons (Fsp3) is 0.889. The quantitative estimate of drug-likeness (QED) is 0.655. The maximum Gasteiger partial charge on any atom is 0.182 e. The van der Waals surface area contributed by atoms with Crippen LogP contribution in [0.25, 0.3) is 0 Å². The fourth-order valence-corrected chi connectivity index (χ4v) is 7.96. The molecule has 0 amide bonds. The van der Waals surface area contributed by atoms with E-state index >= 15 is 0 Å². The van der Waals surface area contributed by atoms with Crippen molar-refractivity contribution in [2.75, 3.05) is 24.7 Å². The molecule has 24 heavy (non-hydrogen) atoms. The van der Waals surface area contributed by atoms with Crippen molar-refractivity contribution in [1.82, 2.24) is 0 Å². The lowest BCUT2D eigenvalue weighted by Crippen LogP contribution is -2.47. The lowest BCUT2D eigenvalue weighted by molar-refractivity contribution is -0.162.